The monoisotopic (exact) mass is 194 g/mol. The Balaban J connectivity index is 2.43. The minimum Gasteiger partial charge on any atom is -0.496 e. The molecule has 1 saturated heterocycles. The van der Waals surface area contributed by atoms with Crippen LogP contribution in [0.1, 0.15) is 17.2 Å². The normalized spacial score (nSPS) is 19.2. The molecule has 14 heavy (non-hydrogen) atoms. The molecule has 1 aromatic carbocycles. The summed E-state index contributed by atoms with van der Waals surface area (Å²) in [5.74, 6) is 1.71. The number of epoxide rings is 1. The molecule has 1 aliphatic heterocycles. The van der Waals surface area contributed by atoms with Crippen molar-refractivity contribution in [2.45, 2.75) is 13.0 Å². The van der Waals surface area contributed by atoms with Crippen molar-refractivity contribution in [3.63, 3.8) is 0 Å². The van der Waals surface area contributed by atoms with Crippen LogP contribution >= 0.6 is 0 Å². The Morgan fingerprint density at radius 1 is 1.21 bits per heavy atom. The standard InChI is InChI=1S/C11H14O3/c1-7-9(12-2)4-8(11-6-14-11)5-10(7)13-3/h4-5,11H,6H2,1-3H3/t11-/m1/s1. The Hall–Kier alpha value is -1.22. The van der Waals surface area contributed by atoms with Gasteiger partial charge in [0, 0.05) is 5.56 Å². The van der Waals surface area contributed by atoms with Gasteiger partial charge in [0.25, 0.3) is 0 Å². The first-order valence-corrected chi connectivity index (χ1v) is 4.60. The largest absolute Gasteiger partial charge is 0.496 e. The lowest BCUT2D eigenvalue weighted by Gasteiger charge is -2.11. The molecule has 1 heterocycles. The number of hydrogen-bond acceptors (Lipinski definition) is 3. The zero-order valence-corrected chi connectivity index (χ0v) is 8.66. The van der Waals surface area contributed by atoms with E-state index in [-0.39, 0.29) is 6.10 Å². The van der Waals surface area contributed by atoms with Gasteiger partial charge >= 0.3 is 0 Å². The number of benzene rings is 1. The smallest absolute Gasteiger partial charge is 0.125 e. The van der Waals surface area contributed by atoms with Crippen LogP contribution in [0.3, 0.4) is 0 Å². The molecule has 1 aliphatic rings. The van der Waals surface area contributed by atoms with Gasteiger partial charge in [0.15, 0.2) is 0 Å². The summed E-state index contributed by atoms with van der Waals surface area (Å²) in [6.07, 6.45) is 0.235. The van der Waals surface area contributed by atoms with Gasteiger partial charge in [-0.1, -0.05) is 0 Å². The van der Waals surface area contributed by atoms with E-state index in [1.807, 2.05) is 19.1 Å². The third kappa shape index (κ3) is 1.55. The zero-order valence-electron chi connectivity index (χ0n) is 8.66. The van der Waals surface area contributed by atoms with Gasteiger partial charge in [0.05, 0.1) is 20.8 Å². The number of hydrogen-bond donors (Lipinski definition) is 0. The van der Waals surface area contributed by atoms with Crippen LogP contribution in [0.25, 0.3) is 0 Å². The molecule has 1 atom stereocenters. The summed E-state index contributed by atoms with van der Waals surface area (Å²) in [7, 11) is 3.33. The molecule has 0 bridgehead atoms. The van der Waals surface area contributed by atoms with Crippen LogP contribution in [0.4, 0.5) is 0 Å². The summed E-state index contributed by atoms with van der Waals surface area (Å²) in [5, 5.41) is 0. The van der Waals surface area contributed by atoms with Gasteiger partial charge in [-0.15, -0.1) is 0 Å². The van der Waals surface area contributed by atoms with Crippen LogP contribution in [-0.4, -0.2) is 20.8 Å². The molecule has 0 N–H and O–H groups in total. The topological polar surface area (TPSA) is 31.0 Å². The second-order valence-electron chi connectivity index (χ2n) is 3.37. The highest BCUT2D eigenvalue weighted by Crippen LogP contribution is 2.37. The van der Waals surface area contributed by atoms with Crippen molar-refractivity contribution in [2.75, 3.05) is 20.8 Å². The first-order valence-electron chi connectivity index (χ1n) is 4.60. The Kier molecular flexibility index (Phi) is 2.33. The van der Waals surface area contributed by atoms with Crippen molar-refractivity contribution in [3.8, 4) is 11.5 Å². The molecule has 3 nitrogen and oxygen atoms in total. The van der Waals surface area contributed by atoms with E-state index in [2.05, 4.69) is 0 Å². The SMILES string of the molecule is COc1cc([C@H]2CO2)cc(OC)c1C. The molecule has 0 saturated carbocycles. The van der Waals surface area contributed by atoms with Crippen molar-refractivity contribution < 1.29 is 14.2 Å². The quantitative estimate of drug-likeness (QED) is 0.690. The summed E-state index contributed by atoms with van der Waals surface area (Å²) in [4.78, 5) is 0. The van der Waals surface area contributed by atoms with Crippen molar-refractivity contribution in [3.05, 3.63) is 23.3 Å². The van der Waals surface area contributed by atoms with E-state index in [1.165, 1.54) is 0 Å². The Labute approximate surface area is 83.6 Å². The van der Waals surface area contributed by atoms with Crippen LogP contribution in [0.2, 0.25) is 0 Å². The molecule has 76 valence electrons. The molecule has 1 fully saturated rings. The van der Waals surface area contributed by atoms with E-state index >= 15 is 0 Å². The molecule has 0 unspecified atom stereocenters. The molecule has 0 spiro atoms. The fraction of sp³-hybridized carbons (Fsp3) is 0.455. The fourth-order valence-corrected chi connectivity index (χ4v) is 1.53. The maximum absolute atomic E-state index is 5.27. The van der Waals surface area contributed by atoms with E-state index in [0.717, 1.165) is 29.2 Å². The average Bonchev–Trinajstić information content (AvgIpc) is 3.02. The maximum Gasteiger partial charge on any atom is 0.125 e. The lowest BCUT2D eigenvalue weighted by molar-refractivity contribution is 0.382. The summed E-state index contributed by atoms with van der Waals surface area (Å²) >= 11 is 0. The minimum absolute atomic E-state index is 0.235. The van der Waals surface area contributed by atoms with Crippen LogP contribution in [0.5, 0.6) is 11.5 Å². The van der Waals surface area contributed by atoms with Gasteiger partial charge in [-0.25, -0.2) is 0 Å². The summed E-state index contributed by atoms with van der Waals surface area (Å²) in [5.41, 5.74) is 2.16. The molecule has 0 amide bonds. The third-order valence-corrected chi connectivity index (χ3v) is 2.48. The molecule has 1 aromatic rings. The predicted molar refractivity (Wildman–Crippen MR) is 53.0 cm³/mol. The van der Waals surface area contributed by atoms with E-state index in [1.54, 1.807) is 14.2 Å². The van der Waals surface area contributed by atoms with E-state index < -0.39 is 0 Å². The Bertz CT molecular complexity index is 317. The van der Waals surface area contributed by atoms with Crippen molar-refractivity contribution in [1.82, 2.24) is 0 Å². The number of methoxy groups -OCH3 is 2. The predicted octanol–water partition coefficient (Wildman–Crippen LogP) is 2.08. The van der Waals surface area contributed by atoms with Gasteiger partial charge in [-0.2, -0.15) is 0 Å². The van der Waals surface area contributed by atoms with Crippen molar-refractivity contribution in [1.29, 1.82) is 0 Å². The molecule has 0 radical (unpaired) electrons. The highest BCUT2D eigenvalue weighted by molar-refractivity contribution is 5.48. The molecular weight excluding hydrogens is 180 g/mol. The van der Waals surface area contributed by atoms with Gasteiger partial charge in [0.2, 0.25) is 0 Å². The summed E-state index contributed by atoms with van der Waals surface area (Å²) < 4.78 is 15.8. The summed E-state index contributed by atoms with van der Waals surface area (Å²) in [6.45, 7) is 2.78. The van der Waals surface area contributed by atoms with Gasteiger partial charge in [-0.05, 0) is 24.6 Å². The van der Waals surface area contributed by atoms with Crippen LogP contribution in [0.15, 0.2) is 12.1 Å². The van der Waals surface area contributed by atoms with Crippen molar-refractivity contribution in [2.24, 2.45) is 0 Å². The third-order valence-electron chi connectivity index (χ3n) is 2.48. The van der Waals surface area contributed by atoms with Crippen LogP contribution in [-0.2, 0) is 4.74 Å². The van der Waals surface area contributed by atoms with Gasteiger partial charge in [0.1, 0.15) is 17.6 Å². The van der Waals surface area contributed by atoms with Gasteiger partial charge < -0.3 is 14.2 Å². The van der Waals surface area contributed by atoms with E-state index in [9.17, 15) is 0 Å². The zero-order chi connectivity index (χ0) is 10.1. The molecule has 2 rings (SSSR count). The first-order chi connectivity index (χ1) is 6.76. The Morgan fingerprint density at radius 3 is 2.07 bits per heavy atom. The molecular formula is C11H14O3. The highest BCUT2D eigenvalue weighted by atomic mass is 16.6. The maximum atomic E-state index is 5.27. The van der Waals surface area contributed by atoms with E-state index in [4.69, 9.17) is 14.2 Å². The summed E-state index contributed by atoms with van der Waals surface area (Å²) in [6, 6.07) is 4.02. The fourth-order valence-electron chi connectivity index (χ4n) is 1.53. The second kappa shape index (κ2) is 3.50. The average molecular weight is 194 g/mol. The molecule has 0 aliphatic carbocycles. The molecule has 3 heteroatoms. The Morgan fingerprint density at radius 2 is 1.71 bits per heavy atom. The van der Waals surface area contributed by atoms with Crippen LogP contribution < -0.4 is 9.47 Å². The van der Waals surface area contributed by atoms with Crippen molar-refractivity contribution >= 4 is 0 Å². The van der Waals surface area contributed by atoms with E-state index in [0.29, 0.717) is 0 Å². The first kappa shape index (κ1) is 9.34. The number of ether oxygens (including phenoxy) is 3. The minimum atomic E-state index is 0.235. The highest BCUT2D eigenvalue weighted by Gasteiger charge is 2.26. The lowest BCUT2D eigenvalue weighted by atomic mass is 10.1. The number of rotatable bonds is 3. The lowest BCUT2D eigenvalue weighted by Crippen LogP contribution is -1.94. The van der Waals surface area contributed by atoms with Gasteiger partial charge in [-0.3, -0.25) is 0 Å². The van der Waals surface area contributed by atoms with Crippen LogP contribution in [0, 0.1) is 6.92 Å². The molecule has 0 aromatic heterocycles. The second-order valence-corrected chi connectivity index (χ2v) is 3.37.